The van der Waals surface area contributed by atoms with Crippen molar-refractivity contribution in [1.29, 1.82) is 0 Å². The van der Waals surface area contributed by atoms with Gasteiger partial charge >= 0.3 is 0 Å². The molecule has 396 valence electrons. The largest absolute Gasteiger partial charge is 0.384 e. The zero-order valence-electron chi connectivity index (χ0n) is 43.5. The number of nitrogens with zero attached hydrogens (tertiary/aromatic N) is 13. The maximum Gasteiger partial charge on any atom is 0.260 e. The number of carbonyl (C=O) groups excluding carboxylic acids is 2. The summed E-state index contributed by atoms with van der Waals surface area (Å²) in [6.07, 6.45) is 12.8. The molecule has 6 aromatic heterocycles. The third kappa shape index (κ3) is 10.4. The highest BCUT2D eigenvalue weighted by atomic mass is 19.1. The Labute approximate surface area is 446 Å². The summed E-state index contributed by atoms with van der Waals surface area (Å²) in [6.45, 7) is 7.24. The van der Waals surface area contributed by atoms with Crippen LogP contribution in [0.5, 0.6) is 0 Å². The molecule has 0 radical (unpaired) electrons. The van der Waals surface area contributed by atoms with Gasteiger partial charge in [-0.2, -0.15) is 10.2 Å². The van der Waals surface area contributed by atoms with E-state index >= 15 is 8.78 Å². The van der Waals surface area contributed by atoms with Gasteiger partial charge in [0.1, 0.15) is 17.2 Å². The van der Waals surface area contributed by atoms with Gasteiger partial charge in [-0.05, 0) is 128 Å². The fourth-order valence-electron chi connectivity index (χ4n) is 12.3. The third-order valence-electron chi connectivity index (χ3n) is 16.6. The van der Waals surface area contributed by atoms with E-state index in [0.29, 0.717) is 103 Å². The van der Waals surface area contributed by atoms with Gasteiger partial charge in [0.15, 0.2) is 23.0 Å². The van der Waals surface area contributed by atoms with Gasteiger partial charge in [0, 0.05) is 128 Å². The van der Waals surface area contributed by atoms with Crippen molar-refractivity contribution < 1.29 is 18.4 Å². The monoisotopic (exact) mass is 1040 g/mol. The second-order valence-corrected chi connectivity index (χ2v) is 21.7. The second-order valence-electron chi connectivity index (χ2n) is 21.7. The summed E-state index contributed by atoms with van der Waals surface area (Å²) in [6, 6.07) is 28.5. The lowest BCUT2D eigenvalue weighted by atomic mass is 9.90. The number of hydrogen-bond acceptors (Lipinski definition) is 12. The predicted octanol–water partition coefficient (Wildman–Crippen LogP) is 8.51. The summed E-state index contributed by atoms with van der Waals surface area (Å²) in [5.74, 6) is 1.23. The number of alkyl halides is 2. The van der Waals surface area contributed by atoms with E-state index in [1.807, 2.05) is 48.7 Å². The number of imidazole rings is 2. The zero-order valence-corrected chi connectivity index (χ0v) is 43.5. The van der Waals surface area contributed by atoms with E-state index in [-0.39, 0.29) is 43.7 Å². The molecule has 4 aliphatic heterocycles. The first kappa shape index (κ1) is 50.3. The lowest BCUT2D eigenvalue weighted by Gasteiger charge is -2.40. The van der Waals surface area contributed by atoms with Crippen LogP contribution in [0.15, 0.2) is 116 Å². The molecule has 2 N–H and O–H groups in total. The predicted molar refractivity (Wildman–Crippen MR) is 291 cm³/mol. The number of aryl methyl sites for hydroxylation is 1. The molecule has 0 spiro atoms. The van der Waals surface area contributed by atoms with Crippen LogP contribution in [0.25, 0.3) is 45.1 Å². The van der Waals surface area contributed by atoms with Gasteiger partial charge in [-0.3, -0.25) is 29.4 Å². The number of nitrogens with two attached hydrogens (primary N) is 1. The van der Waals surface area contributed by atoms with Crippen molar-refractivity contribution in [2.45, 2.75) is 101 Å². The summed E-state index contributed by atoms with van der Waals surface area (Å²) in [7, 11) is 0. The molecular formula is C59H64F2N14O2. The molecule has 16 nitrogen and oxygen atoms in total. The van der Waals surface area contributed by atoms with Crippen LogP contribution in [0, 0.1) is 6.92 Å². The molecule has 2 amide bonds. The highest BCUT2D eigenvalue weighted by Crippen LogP contribution is 2.39. The number of carbonyl (C=O) groups is 2. The SMILES string of the molecule is Cc1ccc2c(c1)nc(-c1ccc(Cc3ccc4c(c3)nc(-c3ccccn3)n4C3CCN(C(=O)C4(F)CCN(Cc5ccnc(N)c5)CC4)CC3)cn1)n2C1CCN(C(=O)C2(F)CCN(Cc3ccnnc3)CC2)CC1. The molecule has 0 bridgehead atoms. The number of halogens is 2. The average Bonchev–Trinajstić information content (AvgIpc) is 4.14. The van der Waals surface area contributed by atoms with Crippen LogP contribution < -0.4 is 5.73 Å². The molecule has 4 saturated heterocycles. The maximum atomic E-state index is 16.5. The fraction of sp³-hybridized carbons (Fsp3) is 0.407. The van der Waals surface area contributed by atoms with Crippen molar-refractivity contribution >= 4 is 39.7 Å². The van der Waals surface area contributed by atoms with Gasteiger partial charge in [0.2, 0.25) is 0 Å². The molecule has 0 aliphatic carbocycles. The number of piperidine rings is 4. The van der Waals surface area contributed by atoms with Crippen LogP contribution >= 0.6 is 0 Å². The van der Waals surface area contributed by atoms with E-state index in [1.165, 1.54) is 0 Å². The molecule has 0 unspecified atom stereocenters. The summed E-state index contributed by atoms with van der Waals surface area (Å²) < 4.78 is 37.4. The van der Waals surface area contributed by atoms with Gasteiger partial charge in [-0.1, -0.05) is 24.3 Å². The third-order valence-corrected chi connectivity index (χ3v) is 16.6. The summed E-state index contributed by atoms with van der Waals surface area (Å²) in [5, 5.41) is 7.81. The van der Waals surface area contributed by atoms with E-state index < -0.39 is 17.2 Å². The highest BCUT2D eigenvalue weighted by Gasteiger charge is 2.46. The smallest absolute Gasteiger partial charge is 0.260 e. The first-order valence-corrected chi connectivity index (χ1v) is 27.2. The van der Waals surface area contributed by atoms with Crippen molar-refractivity contribution in [1.82, 2.24) is 63.9 Å². The first-order valence-electron chi connectivity index (χ1n) is 27.2. The van der Waals surface area contributed by atoms with E-state index in [2.05, 4.69) is 83.5 Å². The molecule has 12 rings (SSSR count). The number of pyridine rings is 3. The maximum absolute atomic E-state index is 16.5. The number of anilines is 1. The molecule has 4 fully saturated rings. The van der Waals surface area contributed by atoms with Crippen LogP contribution in [0.3, 0.4) is 0 Å². The molecule has 10 heterocycles. The summed E-state index contributed by atoms with van der Waals surface area (Å²) in [4.78, 5) is 59.7. The van der Waals surface area contributed by atoms with Crippen LogP contribution in [0.4, 0.5) is 14.6 Å². The molecule has 8 aromatic rings. The lowest BCUT2D eigenvalue weighted by Crippen LogP contribution is -2.53. The fourth-order valence-corrected chi connectivity index (χ4v) is 12.3. The van der Waals surface area contributed by atoms with E-state index in [1.54, 1.807) is 34.6 Å². The highest BCUT2D eigenvalue weighted by molar-refractivity contribution is 5.87. The minimum Gasteiger partial charge on any atom is -0.384 e. The topological polar surface area (TPSA) is 173 Å². The second kappa shape index (κ2) is 21.1. The number of nitrogen functional groups attached to an aromatic ring is 1. The Hall–Kier alpha value is -7.57. The molecule has 2 aromatic carbocycles. The Kier molecular flexibility index (Phi) is 13.8. The minimum atomic E-state index is -1.88. The van der Waals surface area contributed by atoms with Gasteiger partial charge in [-0.25, -0.2) is 23.7 Å². The molecule has 0 atom stereocenters. The van der Waals surface area contributed by atoms with E-state index in [0.717, 1.165) is 72.9 Å². The van der Waals surface area contributed by atoms with Crippen molar-refractivity contribution in [3.05, 3.63) is 144 Å². The number of rotatable bonds is 12. The molecule has 4 aliphatic rings. The molecule has 77 heavy (non-hydrogen) atoms. The first-order chi connectivity index (χ1) is 37.4. The normalized spacial score (nSPS) is 18.8. The number of amides is 2. The molecular weight excluding hydrogens is 975 g/mol. The van der Waals surface area contributed by atoms with Crippen LogP contribution in [0.1, 0.15) is 91.3 Å². The minimum absolute atomic E-state index is 0.0373. The number of hydrogen-bond donors (Lipinski definition) is 1. The average molecular weight is 1040 g/mol. The zero-order chi connectivity index (χ0) is 52.7. The van der Waals surface area contributed by atoms with Crippen LogP contribution in [0.2, 0.25) is 0 Å². The Morgan fingerprint density at radius 3 is 1.69 bits per heavy atom. The van der Waals surface area contributed by atoms with E-state index in [9.17, 15) is 9.59 Å². The van der Waals surface area contributed by atoms with Gasteiger partial charge in [0.05, 0.1) is 28.3 Å². The van der Waals surface area contributed by atoms with Crippen LogP contribution in [-0.4, -0.2) is 139 Å². The summed E-state index contributed by atoms with van der Waals surface area (Å²) >= 11 is 0. The number of fused-ring (bicyclic) bond motifs is 2. The number of likely N-dealkylation sites (tertiary alicyclic amines) is 4. The molecule has 18 heteroatoms. The van der Waals surface area contributed by atoms with Gasteiger partial charge < -0.3 is 24.7 Å². The van der Waals surface area contributed by atoms with Crippen LogP contribution in [-0.2, 0) is 29.1 Å². The van der Waals surface area contributed by atoms with Gasteiger partial charge in [0.25, 0.3) is 11.8 Å². The standard InChI is InChI=1S/C59H64F2N14O2/c1-40-5-9-51-49(32-40)68-55(74(51)45-13-24-72(25-14-45)57(77)59(61)19-30-71(31-20-59)39-44-12-23-66-67-37-44)48-8-6-42(36-65-48)33-41-7-10-52-50(34-41)69-54(47-4-2-3-21-63-47)75(52)46-15-26-73(27-16-46)56(76)58(60)17-28-70(29-18-58)38-43-11-22-64-53(62)35-43/h2-12,21-23,32,34-37,45-46H,13-20,24-31,33,38-39H2,1H3,(H2,62,64). The van der Waals surface area contributed by atoms with Crippen molar-refractivity contribution in [3.8, 4) is 23.0 Å². The molecule has 0 saturated carbocycles. The Morgan fingerprint density at radius 2 is 1.13 bits per heavy atom. The number of aromatic nitrogens is 9. The van der Waals surface area contributed by atoms with Crippen molar-refractivity contribution in [3.63, 3.8) is 0 Å². The van der Waals surface area contributed by atoms with Gasteiger partial charge in [-0.15, -0.1) is 0 Å². The Morgan fingerprint density at radius 1 is 0.558 bits per heavy atom. The Bertz CT molecular complexity index is 3390. The van der Waals surface area contributed by atoms with E-state index in [4.69, 9.17) is 25.7 Å². The van der Waals surface area contributed by atoms with Crippen molar-refractivity contribution in [2.75, 3.05) is 58.1 Å². The summed E-state index contributed by atoms with van der Waals surface area (Å²) in [5.41, 5.74) is 12.7. The quantitative estimate of drug-likeness (QED) is 0.124. The Balaban J connectivity index is 0.712. The number of benzene rings is 2. The van der Waals surface area contributed by atoms with Crippen molar-refractivity contribution in [2.24, 2.45) is 0 Å². The lowest BCUT2D eigenvalue weighted by molar-refractivity contribution is -0.149.